The van der Waals surface area contributed by atoms with Gasteiger partial charge in [0.2, 0.25) is 5.71 Å². The minimum absolute atomic E-state index is 0.575. The highest BCUT2D eigenvalue weighted by atomic mass is 32.1. The number of benzene rings is 6. The van der Waals surface area contributed by atoms with Crippen LogP contribution in [0.3, 0.4) is 0 Å². The normalized spacial score (nSPS) is 12.0. The topological polar surface area (TPSA) is 38.9 Å². The van der Waals surface area contributed by atoms with E-state index >= 15 is 0 Å². The van der Waals surface area contributed by atoms with Crippen LogP contribution in [-0.2, 0) is 0 Å². The third-order valence-electron chi connectivity index (χ3n) is 7.87. The van der Waals surface area contributed by atoms with E-state index in [0.29, 0.717) is 5.71 Å². The highest BCUT2D eigenvalue weighted by molar-refractivity contribution is 7.26. The van der Waals surface area contributed by atoms with Crippen molar-refractivity contribution in [1.82, 2.24) is 9.97 Å². The predicted molar refractivity (Wildman–Crippen MR) is 168 cm³/mol. The van der Waals surface area contributed by atoms with E-state index in [2.05, 4.69) is 91.0 Å². The second-order valence-corrected chi connectivity index (χ2v) is 11.3. The van der Waals surface area contributed by atoms with Gasteiger partial charge in [0.05, 0.1) is 11.0 Å². The highest BCUT2D eigenvalue weighted by Crippen LogP contribution is 2.40. The minimum Gasteiger partial charge on any atom is -0.436 e. The zero-order valence-corrected chi connectivity index (χ0v) is 22.1. The first-order valence-corrected chi connectivity index (χ1v) is 14.1. The van der Waals surface area contributed by atoms with Crippen molar-refractivity contribution in [3.63, 3.8) is 0 Å². The fourth-order valence-electron chi connectivity index (χ4n) is 5.89. The van der Waals surface area contributed by atoms with Gasteiger partial charge in [0, 0.05) is 25.6 Å². The Labute approximate surface area is 233 Å². The van der Waals surface area contributed by atoms with Gasteiger partial charge in [-0.3, -0.25) is 0 Å². The number of nitrogens with zero attached hydrogens (tertiary/aromatic N) is 2. The van der Waals surface area contributed by atoms with Gasteiger partial charge < -0.3 is 4.42 Å². The van der Waals surface area contributed by atoms with Crippen LogP contribution < -0.4 is 0 Å². The maximum Gasteiger partial charge on any atom is 0.246 e. The first kappa shape index (κ1) is 21.8. The first-order chi connectivity index (χ1) is 19.8. The van der Waals surface area contributed by atoms with Gasteiger partial charge >= 0.3 is 0 Å². The molecule has 0 bridgehead atoms. The van der Waals surface area contributed by atoms with Crippen LogP contribution in [0.1, 0.15) is 0 Å². The van der Waals surface area contributed by atoms with Crippen LogP contribution in [-0.4, -0.2) is 9.97 Å². The van der Waals surface area contributed by atoms with E-state index < -0.39 is 0 Å². The summed E-state index contributed by atoms with van der Waals surface area (Å²) in [7, 11) is 0. The SMILES string of the molecule is c1ccc2nc3c(nc2c1)oc1ccc(-c2ccc4cc(-c5cccc6c5sc5ccccc56)ccc4c2)cc13. The number of aromatic nitrogens is 2. The lowest BCUT2D eigenvalue weighted by molar-refractivity contribution is 0.655. The molecule has 40 heavy (non-hydrogen) atoms. The van der Waals surface area contributed by atoms with E-state index in [4.69, 9.17) is 14.4 Å². The molecule has 3 heterocycles. The number of thiophene rings is 1. The monoisotopic (exact) mass is 528 g/mol. The number of para-hydroxylation sites is 2. The Bertz CT molecular complexity index is 2450. The average Bonchev–Trinajstić information content (AvgIpc) is 3.57. The fraction of sp³-hybridized carbons (Fsp3) is 0. The summed E-state index contributed by atoms with van der Waals surface area (Å²) in [6.45, 7) is 0. The smallest absolute Gasteiger partial charge is 0.246 e. The van der Waals surface area contributed by atoms with E-state index in [1.165, 1.54) is 42.1 Å². The largest absolute Gasteiger partial charge is 0.436 e. The van der Waals surface area contributed by atoms with E-state index in [-0.39, 0.29) is 0 Å². The van der Waals surface area contributed by atoms with Gasteiger partial charge in [0.25, 0.3) is 0 Å². The van der Waals surface area contributed by atoms with Crippen molar-refractivity contribution in [2.75, 3.05) is 0 Å². The molecule has 9 rings (SSSR count). The molecule has 6 aromatic carbocycles. The van der Waals surface area contributed by atoms with Crippen molar-refractivity contribution in [3.05, 3.63) is 121 Å². The molecule has 9 aromatic rings. The summed E-state index contributed by atoms with van der Waals surface area (Å²) in [5.41, 5.74) is 8.72. The van der Waals surface area contributed by atoms with Crippen LogP contribution in [0, 0.1) is 0 Å². The second-order valence-electron chi connectivity index (χ2n) is 10.2. The Hall–Kier alpha value is -5.06. The van der Waals surface area contributed by atoms with Crippen LogP contribution in [0.25, 0.3) is 86.4 Å². The van der Waals surface area contributed by atoms with E-state index in [9.17, 15) is 0 Å². The average molecular weight is 529 g/mol. The number of fused-ring (bicyclic) bond motifs is 8. The van der Waals surface area contributed by atoms with Crippen molar-refractivity contribution in [2.45, 2.75) is 0 Å². The fourth-order valence-corrected chi connectivity index (χ4v) is 7.12. The summed E-state index contributed by atoms with van der Waals surface area (Å²) in [6, 6.07) is 43.0. The molecule has 3 nitrogen and oxygen atoms in total. The van der Waals surface area contributed by atoms with Gasteiger partial charge in [-0.15, -0.1) is 11.3 Å². The second kappa shape index (κ2) is 8.22. The molecule has 0 aliphatic carbocycles. The molecule has 0 fully saturated rings. The summed E-state index contributed by atoms with van der Waals surface area (Å²) in [6.07, 6.45) is 0. The Kier molecular flexibility index (Phi) is 4.48. The third-order valence-corrected chi connectivity index (χ3v) is 9.09. The quantitative estimate of drug-likeness (QED) is 0.224. The number of hydrogen-bond donors (Lipinski definition) is 0. The number of furan rings is 1. The van der Waals surface area contributed by atoms with Crippen LogP contribution >= 0.6 is 11.3 Å². The van der Waals surface area contributed by atoms with Crippen molar-refractivity contribution in [1.29, 1.82) is 0 Å². The lowest BCUT2D eigenvalue weighted by atomic mass is 9.96. The summed E-state index contributed by atoms with van der Waals surface area (Å²) >= 11 is 1.87. The van der Waals surface area contributed by atoms with E-state index in [1.54, 1.807) is 0 Å². The molecule has 3 aromatic heterocycles. The summed E-state index contributed by atoms with van der Waals surface area (Å²) in [5, 5.41) is 6.08. The number of hydrogen-bond acceptors (Lipinski definition) is 4. The van der Waals surface area contributed by atoms with Gasteiger partial charge in [-0.25, -0.2) is 9.97 Å². The van der Waals surface area contributed by atoms with Crippen molar-refractivity contribution in [2.24, 2.45) is 0 Å². The van der Waals surface area contributed by atoms with Crippen molar-refractivity contribution >= 4 is 75.5 Å². The molecular weight excluding hydrogens is 508 g/mol. The van der Waals surface area contributed by atoms with Crippen LogP contribution in [0.5, 0.6) is 0 Å². The maximum absolute atomic E-state index is 6.05. The van der Waals surface area contributed by atoms with Crippen molar-refractivity contribution < 1.29 is 4.42 Å². The van der Waals surface area contributed by atoms with Gasteiger partial charge in [-0.2, -0.15) is 0 Å². The summed E-state index contributed by atoms with van der Waals surface area (Å²) in [5.74, 6) is 0. The van der Waals surface area contributed by atoms with Crippen LogP contribution in [0.15, 0.2) is 126 Å². The third kappa shape index (κ3) is 3.23. The molecule has 0 aliphatic heterocycles. The van der Waals surface area contributed by atoms with Gasteiger partial charge in [0.15, 0.2) is 0 Å². The van der Waals surface area contributed by atoms with Crippen molar-refractivity contribution in [3.8, 4) is 22.3 Å². The highest BCUT2D eigenvalue weighted by Gasteiger charge is 2.14. The molecule has 0 saturated heterocycles. The Balaban J connectivity index is 1.15. The molecule has 0 radical (unpaired) electrons. The number of rotatable bonds is 2. The Morgan fingerprint density at radius 2 is 1.23 bits per heavy atom. The van der Waals surface area contributed by atoms with E-state index in [0.717, 1.165) is 38.6 Å². The zero-order valence-electron chi connectivity index (χ0n) is 21.3. The van der Waals surface area contributed by atoms with Crippen LogP contribution in [0.2, 0.25) is 0 Å². The van der Waals surface area contributed by atoms with Crippen LogP contribution in [0.4, 0.5) is 0 Å². The molecule has 0 N–H and O–H groups in total. The summed E-state index contributed by atoms with van der Waals surface area (Å²) in [4.78, 5) is 9.56. The molecule has 0 saturated carbocycles. The molecule has 0 aliphatic rings. The molecule has 0 unspecified atom stereocenters. The van der Waals surface area contributed by atoms with Gasteiger partial charge in [-0.05, 0) is 75.5 Å². The van der Waals surface area contributed by atoms with Gasteiger partial charge in [-0.1, -0.05) is 78.9 Å². The Morgan fingerprint density at radius 3 is 2.12 bits per heavy atom. The standard InChI is InChI=1S/C36H20N2OS/c1-4-11-33-27(6-1)28-8-5-7-26(35(28)40-33)25-15-14-21-18-22(12-13-23(21)19-25)24-16-17-32-29(20-24)34-36(39-32)38-31-10-3-2-9-30(31)37-34/h1-20H. The lowest BCUT2D eigenvalue weighted by Crippen LogP contribution is -1.84. The Morgan fingerprint density at radius 1 is 0.525 bits per heavy atom. The van der Waals surface area contributed by atoms with Gasteiger partial charge in [0.1, 0.15) is 11.1 Å². The van der Waals surface area contributed by atoms with E-state index in [1.807, 2.05) is 41.7 Å². The predicted octanol–water partition coefficient (Wildman–Crippen LogP) is 10.4. The zero-order chi connectivity index (χ0) is 26.2. The maximum atomic E-state index is 6.05. The lowest BCUT2D eigenvalue weighted by Gasteiger charge is -2.08. The molecular formula is C36H20N2OS. The minimum atomic E-state index is 0.575. The first-order valence-electron chi connectivity index (χ1n) is 13.3. The summed E-state index contributed by atoms with van der Waals surface area (Å²) < 4.78 is 8.73. The molecule has 186 valence electrons. The molecule has 4 heteroatoms. The molecule has 0 atom stereocenters. The molecule has 0 amide bonds. The molecule has 0 spiro atoms.